The third-order valence-electron chi connectivity index (χ3n) is 4.44. The lowest BCUT2D eigenvalue weighted by Gasteiger charge is -2.20. The number of imide groups is 1. The summed E-state index contributed by atoms with van der Waals surface area (Å²) in [5.41, 5.74) is 0.664. The molecule has 8 heteroatoms. The molecule has 0 aliphatic carbocycles. The van der Waals surface area contributed by atoms with E-state index in [0.717, 1.165) is 16.2 Å². The molecule has 1 atom stereocenters. The van der Waals surface area contributed by atoms with Gasteiger partial charge < -0.3 is 15.4 Å². The Morgan fingerprint density at radius 2 is 1.86 bits per heavy atom. The highest BCUT2D eigenvalue weighted by Gasteiger charge is 2.41. The molecule has 29 heavy (non-hydrogen) atoms. The van der Waals surface area contributed by atoms with E-state index in [1.54, 1.807) is 19.1 Å². The van der Waals surface area contributed by atoms with Crippen molar-refractivity contribution in [3.63, 3.8) is 0 Å². The predicted molar refractivity (Wildman–Crippen MR) is 111 cm³/mol. The van der Waals surface area contributed by atoms with Crippen molar-refractivity contribution in [3.8, 4) is 5.75 Å². The zero-order valence-electron chi connectivity index (χ0n) is 16.3. The average molecular weight is 413 g/mol. The van der Waals surface area contributed by atoms with Crippen LogP contribution in [0.3, 0.4) is 0 Å². The molecule has 3 N–H and O–H groups in total. The zero-order valence-corrected chi connectivity index (χ0v) is 17.1. The summed E-state index contributed by atoms with van der Waals surface area (Å²) < 4.78 is 5.62. The van der Waals surface area contributed by atoms with Crippen LogP contribution >= 0.6 is 11.8 Å². The van der Waals surface area contributed by atoms with Crippen molar-refractivity contribution in [2.45, 2.75) is 24.3 Å². The Kier molecular flexibility index (Phi) is 6.43. The number of aryl methyl sites for hydroxylation is 1. The van der Waals surface area contributed by atoms with Crippen LogP contribution in [-0.2, 0) is 4.79 Å². The quantitative estimate of drug-likeness (QED) is 0.351. The molecule has 2 aromatic rings. The molecule has 0 aromatic heterocycles. The highest BCUT2D eigenvalue weighted by atomic mass is 32.2. The molecule has 1 fully saturated rings. The summed E-state index contributed by atoms with van der Waals surface area (Å²) in [4.78, 5) is 36.7. The molecule has 0 spiro atoms. The van der Waals surface area contributed by atoms with Crippen LogP contribution < -0.4 is 20.7 Å². The normalized spacial score (nSPS) is 18.1. The summed E-state index contributed by atoms with van der Waals surface area (Å²) in [5, 5.41) is 7.71. The highest BCUT2D eigenvalue weighted by Crippen LogP contribution is 2.27. The van der Waals surface area contributed by atoms with Crippen molar-refractivity contribution in [1.29, 1.82) is 0 Å². The summed E-state index contributed by atoms with van der Waals surface area (Å²) in [5.74, 6) is 0.479. The van der Waals surface area contributed by atoms with Crippen LogP contribution in [0, 0.1) is 6.92 Å². The van der Waals surface area contributed by atoms with Gasteiger partial charge in [0.25, 0.3) is 11.8 Å². The molecule has 0 radical (unpaired) electrons. The van der Waals surface area contributed by atoms with Gasteiger partial charge in [0.1, 0.15) is 17.9 Å². The van der Waals surface area contributed by atoms with Gasteiger partial charge in [-0.15, -0.1) is 11.8 Å². The highest BCUT2D eigenvalue weighted by molar-refractivity contribution is 7.99. The molecule has 152 valence electrons. The second-order valence-corrected chi connectivity index (χ2v) is 7.96. The second kappa shape index (κ2) is 9.00. The third-order valence-corrected chi connectivity index (χ3v) is 5.83. The summed E-state index contributed by atoms with van der Waals surface area (Å²) in [6.45, 7) is 4.38. The van der Waals surface area contributed by atoms with Crippen LogP contribution in [-0.4, -0.2) is 42.3 Å². The first kappa shape index (κ1) is 20.7. The van der Waals surface area contributed by atoms with E-state index in [2.05, 4.69) is 16.0 Å². The van der Waals surface area contributed by atoms with Crippen LogP contribution in [0.15, 0.2) is 53.4 Å². The van der Waals surface area contributed by atoms with E-state index in [0.29, 0.717) is 24.5 Å². The van der Waals surface area contributed by atoms with Gasteiger partial charge in [-0.25, -0.2) is 4.79 Å². The molecule has 0 bridgehead atoms. The standard InChI is InChI=1S/C21H23N3O4S/c1-14-7-9-15(10-8-14)28-12-11-22-18(25)16-5-3-4-6-17(16)29-13-21(2)19(26)23-20(27)24-21/h3-10H,11-13H2,1-2H3,(H,22,25)(H2,23,24,26,27)/t21-/m1/s1. The number of thioether (sulfide) groups is 1. The average Bonchev–Trinajstić information content (AvgIpc) is 2.97. The lowest BCUT2D eigenvalue weighted by atomic mass is 10.1. The fourth-order valence-electron chi connectivity index (χ4n) is 2.75. The maximum Gasteiger partial charge on any atom is 0.322 e. The molecular formula is C21H23N3O4S. The van der Waals surface area contributed by atoms with Crippen molar-refractivity contribution in [1.82, 2.24) is 16.0 Å². The third kappa shape index (κ3) is 5.29. The Hall–Kier alpha value is -3.00. The molecule has 1 saturated heterocycles. The lowest BCUT2D eigenvalue weighted by molar-refractivity contribution is -0.122. The molecule has 3 rings (SSSR count). The molecule has 4 amide bonds. The minimum Gasteiger partial charge on any atom is -0.492 e. The number of carbonyl (C=O) groups is 3. The second-order valence-electron chi connectivity index (χ2n) is 6.94. The summed E-state index contributed by atoms with van der Waals surface area (Å²) in [6.07, 6.45) is 0. The minimum atomic E-state index is -1.01. The van der Waals surface area contributed by atoms with E-state index < -0.39 is 11.6 Å². The van der Waals surface area contributed by atoms with Crippen molar-refractivity contribution in [3.05, 3.63) is 59.7 Å². The van der Waals surface area contributed by atoms with Gasteiger partial charge >= 0.3 is 6.03 Å². The van der Waals surface area contributed by atoms with Crippen LogP contribution in [0.1, 0.15) is 22.8 Å². The number of hydrogen-bond acceptors (Lipinski definition) is 5. The number of ether oxygens (including phenoxy) is 1. The van der Waals surface area contributed by atoms with Gasteiger partial charge in [-0.2, -0.15) is 0 Å². The number of carbonyl (C=O) groups excluding carboxylic acids is 3. The minimum absolute atomic E-state index is 0.217. The smallest absolute Gasteiger partial charge is 0.322 e. The Morgan fingerprint density at radius 3 is 2.55 bits per heavy atom. The molecule has 0 saturated carbocycles. The number of rotatable bonds is 8. The van der Waals surface area contributed by atoms with Crippen molar-refractivity contribution >= 4 is 29.6 Å². The molecule has 7 nitrogen and oxygen atoms in total. The van der Waals surface area contributed by atoms with E-state index in [1.165, 1.54) is 11.8 Å². The van der Waals surface area contributed by atoms with Gasteiger partial charge in [0.15, 0.2) is 0 Å². The largest absolute Gasteiger partial charge is 0.492 e. The molecule has 2 aromatic carbocycles. The van der Waals surface area contributed by atoms with Gasteiger partial charge in [0.2, 0.25) is 0 Å². The number of benzene rings is 2. The Morgan fingerprint density at radius 1 is 1.14 bits per heavy atom. The monoisotopic (exact) mass is 413 g/mol. The van der Waals surface area contributed by atoms with E-state index >= 15 is 0 Å². The summed E-state index contributed by atoms with van der Waals surface area (Å²) in [6, 6.07) is 14.4. The Bertz CT molecular complexity index is 916. The molecule has 1 heterocycles. The van der Waals surface area contributed by atoms with Crippen molar-refractivity contribution in [2.75, 3.05) is 18.9 Å². The van der Waals surface area contributed by atoms with Gasteiger partial charge in [-0.1, -0.05) is 29.8 Å². The van der Waals surface area contributed by atoms with E-state index in [1.807, 2.05) is 43.3 Å². The zero-order chi connectivity index (χ0) is 20.9. The SMILES string of the molecule is Cc1ccc(OCCNC(=O)c2ccccc2SC[C@@]2(C)NC(=O)NC2=O)cc1. The first-order valence-corrected chi connectivity index (χ1v) is 10.2. The number of amides is 4. The predicted octanol–water partition coefficient (Wildman–Crippen LogP) is 2.49. The van der Waals surface area contributed by atoms with Crippen LogP contribution in [0.25, 0.3) is 0 Å². The van der Waals surface area contributed by atoms with E-state index in [-0.39, 0.29) is 11.8 Å². The number of urea groups is 1. The molecular weight excluding hydrogens is 390 g/mol. The lowest BCUT2D eigenvalue weighted by Crippen LogP contribution is -2.46. The molecule has 0 unspecified atom stereocenters. The van der Waals surface area contributed by atoms with Crippen LogP contribution in [0.4, 0.5) is 4.79 Å². The fraction of sp³-hybridized carbons (Fsp3) is 0.286. The van der Waals surface area contributed by atoms with Crippen LogP contribution in [0.5, 0.6) is 5.75 Å². The Balaban J connectivity index is 1.53. The van der Waals surface area contributed by atoms with Gasteiger partial charge in [0, 0.05) is 10.6 Å². The number of hydrogen-bond donors (Lipinski definition) is 3. The summed E-state index contributed by atoms with van der Waals surface area (Å²) in [7, 11) is 0. The van der Waals surface area contributed by atoms with Crippen molar-refractivity contribution in [2.24, 2.45) is 0 Å². The topological polar surface area (TPSA) is 96.5 Å². The summed E-state index contributed by atoms with van der Waals surface area (Å²) >= 11 is 1.35. The van der Waals surface area contributed by atoms with Gasteiger partial charge in [-0.3, -0.25) is 14.9 Å². The first-order valence-electron chi connectivity index (χ1n) is 9.20. The number of nitrogens with one attached hydrogen (secondary N) is 3. The first-order chi connectivity index (χ1) is 13.9. The van der Waals surface area contributed by atoms with Crippen molar-refractivity contribution < 1.29 is 19.1 Å². The maximum absolute atomic E-state index is 12.6. The van der Waals surface area contributed by atoms with E-state index in [4.69, 9.17) is 4.74 Å². The maximum atomic E-state index is 12.6. The Labute approximate surface area is 173 Å². The fourth-order valence-corrected chi connectivity index (χ4v) is 3.89. The molecule has 1 aliphatic rings. The van der Waals surface area contributed by atoms with E-state index in [9.17, 15) is 14.4 Å². The van der Waals surface area contributed by atoms with Crippen LogP contribution in [0.2, 0.25) is 0 Å². The molecule has 1 aliphatic heterocycles. The van der Waals surface area contributed by atoms with Gasteiger partial charge in [0.05, 0.1) is 12.1 Å². The van der Waals surface area contributed by atoms with Gasteiger partial charge in [-0.05, 0) is 38.1 Å².